The van der Waals surface area contributed by atoms with E-state index in [-0.39, 0.29) is 0 Å². The summed E-state index contributed by atoms with van der Waals surface area (Å²) in [6.07, 6.45) is 2.02. The number of hydrogen-bond donors (Lipinski definition) is 2. The first kappa shape index (κ1) is 11.2. The maximum absolute atomic E-state index is 5.54. The maximum Gasteiger partial charge on any atom is 0.153 e. The molecule has 1 aromatic heterocycles. The summed E-state index contributed by atoms with van der Waals surface area (Å²) in [5, 5.41) is 7.12. The standard InChI is InChI=1S/C10H20N4/c1-7(2)10-12-9(13-14-10)5-4-8(3)6-11/h7-8H,4-6,11H2,1-3H3,(H,12,13,14). The summed E-state index contributed by atoms with van der Waals surface area (Å²) in [7, 11) is 0. The van der Waals surface area contributed by atoms with Gasteiger partial charge in [0, 0.05) is 12.3 Å². The van der Waals surface area contributed by atoms with E-state index in [2.05, 4.69) is 36.0 Å². The molecule has 4 heteroatoms. The van der Waals surface area contributed by atoms with Crippen molar-refractivity contribution >= 4 is 0 Å². The van der Waals surface area contributed by atoms with Crippen LogP contribution < -0.4 is 5.73 Å². The molecule has 1 unspecified atom stereocenters. The van der Waals surface area contributed by atoms with Crippen LogP contribution in [0.15, 0.2) is 0 Å². The molecule has 80 valence electrons. The Bertz CT molecular complexity index is 267. The van der Waals surface area contributed by atoms with Crippen molar-refractivity contribution in [2.24, 2.45) is 11.7 Å². The third kappa shape index (κ3) is 3.10. The van der Waals surface area contributed by atoms with Gasteiger partial charge in [-0.2, -0.15) is 5.10 Å². The van der Waals surface area contributed by atoms with Gasteiger partial charge in [-0.05, 0) is 18.9 Å². The van der Waals surface area contributed by atoms with E-state index in [1.807, 2.05) is 0 Å². The fourth-order valence-electron chi connectivity index (χ4n) is 1.18. The molecule has 0 aliphatic heterocycles. The topological polar surface area (TPSA) is 67.6 Å². The molecule has 0 aliphatic rings. The Balaban J connectivity index is 2.44. The number of H-pyrrole nitrogens is 1. The fraction of sp³-hybridized carbons (Fsp3) is 0.800. The van der Waals surface area contributed by atoms with Crippen LogP contribution in [0.1, 0.15) is 44.8 Å². The maximum atomic E-state index is 5.54. The minimum atomic E-state index is 0.395. The average Bonchev–Trinajstić information content (AvgIpc) is 2.62. The highest BCUT2D eigenvalue weighted by Crippen LogP contribution is 2.10. The third-order valence-corrected chi connectivity index (χ3v) is 2.34. The number of rotatable bonds is 5. The van der Waals surface area contributed by atoms with E-state index in [1.165, 1.54) is 0 Å². The quantitative estimate of drug-likeness (QED) is 0.749. The van der Waals surface area contributed by atoms with Crippen molar-refractivity contribution in [2.75, 3.05) is 6.54 Å². The van der Waals surface area contributed by atoms with Crippen molar-refractivity contribution in [3.05, 3.63) is 11.6 Å². The Kier molecular flexibility index (Phi) is 4.07. The van der Waals surface area contributed by atoms with Crippen molar-refractivity contribution in [3.8, 4) is 0 Å². The van der Waals surface area contributed by atoms with E-state index in [0.717, 1.165) is 31.0 Å². The first-order chi connectivity index (χ1) is 6.63. The van der Waals surface area contributed by atoms with Crippen LogP contribution in [0.25, 0.3) is 0 Å². The molecule has 0 aromatic carbocycles. The van der Waals surface area contributed by atoms with Gasteiger partial charge in [-0.25, -0.2) is 4.98 Å². The van der Waals surface area contributed by atoms with Crippen LogP contribution >= 0.6 is 0 Å². The summed E-state index contributed by atoms with van der Waals surface area (Å²) in [6.45, 7) is 7.08. The van der Waals surface area contributed by atoms with E-state index in [4.69, 9.17) is 5.73 Å². The van der Waals surface area contributed by atoms with E-state index in [1.54, 1.807) is 0 Å². The second kappa shape index (κ2) is 5.10. The number of nitrogens with zero attached hydrogens (tertiary/aromatic N) is 2. The number of nitrogens with two attached hydrogens (primary N) is 1. The van der Waals surface area contributed by atoms with Gasteiger partial charge in [0.15, 0.2) is 5.82 Å². The van der Waals surface area contributed by atoms with Crippen molar-refractivity contribution in [3.63, 3.8) is 0 Å². The highest BCUT2D eigenvalue weighted by atomic mass is 15.2. The van der Waals surface area contributed by atoms with Gasteiger partial charge < -0.3 is 5.73 Å². The van der Waals surface area contributed by atoms with Gasteiger partial charge in [-0.1, -0.05) is 20.8 Å². The molecule has 1 rings (SSSR count). The molecule has 4 nitrogen and oxygen atoms in total. The number of aromatic nitrogens is 3. The van der Waals surface area contributed by atoms with Gasteiger partial charge >= 0.3 is 0 Å². The smallest absolute Gasteiger partial charge is 0.153 e. The van der Waals surface area contributed by atoms with Gasteiger partial charge in [0.25, 0.3) is 0 Å². The van der Waals surface area contributed by atoms with Crippen LogP contribution in [-0.2, 0) is 6.42 Å². The molecule has 1 atom stereocenters. The van der Waals surface area contributed by atoms with Crippen LogP contribution in [0.4, 0.5) is 0 Å². The SMILES string of the molecule is CC(CN)CCc1nc(C(C)C)n[nH]1. The molecule has 3 N–H and O–H groups in total. The Labute approximate surface area is 85.3 Å². The molecule has 14 heavy (non-hydrogen) atoms. The summed E-state index contributed by atoms with van der Waals surface area (Å²) in [5.41, 5.74) is 5.54. The van der Waals surface area contributed by atoms with Crippen LogP contribution in [0, 0.1) is 5.92 Å². The van der Waals surface area contributed by atoms with Gasteiger partial charge in [-0.15, -0.1) is 0 Å². The van der Waals surface area contributed by atoms with Crippen molar-refractivity contribution in [1.82, 2.24) is 15.2 Å². The van der Waals surface area contributed by atoms with Crippen LogP contribution in [0.3, 0.4) is 0 Å². The second-order valence-electron chi connectivity index (χ2n) is 4.17. The lowest BCUT2D eigenvalue weighted by molar-refractivity contribution is 0.536. The fourth-order valence-corrected chi connectivity index (χ4v) is 1.18. The molecule has 0 spiro atoms. The van der Waals surface area contributed by atoms with Crippen molar-refractivity contribution in [1.29, 1.82) is 0 Å². The van der Waals surface area contributed by atoms with Gasteiger partial charge in [0.05, 0.1) is 0 Å². The Morgan fingerprint density at radius 1 is 1.36 bits per heavy atom. The lowest BCUT2D eigenvalue weighted by atomic mass is 10.1. The molecular formula is C10H20N4. The van der Waals surface area contributed by atoms with E-state index in [0.29, 0.717) is 11.8 Å². The number of nitrogens with one attached hydrogen (secondary N) is 1. The summed E-state index contributed by atoms with van der Waals surface area (Å²) in [4.78, 5) is 4.41. The summed E-state index contributed by atoms with van der Waals surface area (Å²) in [6, 6.07) is 0. The number of aryl methyl sites for hydroxylation is 1. The van der Waals surface area contributed by atoms with Gasteiger partial charge in [0.1, 0.15) is 5.82 Å². The van der Waals surface area contributed by atoms with Crippen LogP contribution in [0.5, 0.6) is 0 Å². The average molecular weight is 196 g/mol. The second-order valence-corrected chi connectivity index (χ2v) is 4.17. The molecule has 1 aromatic rings. The molecule has 0 amide bonds. The molecule has 1 heterocycles. The molecule has 0 radical (unpaired) electrons. The normalized spacial score (nSPS) is 13.5. The van der Waals surface area contributed by atoms with Gasteiger partial charge in [-0.3, -0.25) is 5.10 Å². The first-order valence-electron chi connectivity index (χ1n) is 5.24. The zero-order valence-electron chi connectivity index (χ0n) is 9.25. The zero-order chi connectivity index (χ0) is 10.6. The van der Waals surface area contributed by atoms with Crippen LogP contribution in [0.2, 0.25) is 0 Å². The third-order valence-electron chi connectivity index (χ3n) is 2.34. The van der Waals surface area contributed by atoms with Gasteiger partial charge in [0.2, 0.25) is 0 Å². The number of hydrogen-bond acceptors (Lipinski definition) is 3. The number of aromatic amines is 1. The summed E-state index contributed by atoms with van der Waals surface area (Å²) < 4.78 is 0. The van der Waals surface area contributed by atoms with E-state index < -0.39 is 0 Å². The zero-order valence-corrected chi connectivity index (χ0v) is 9.25. The summed E-state index contributed by atoms with van der Waals surface area (Å²) in [5.74, 6) is 2.84. The Morgan fingerprint density at radius 2 is 2.07 bits per heavy atom. The largest absolute Gasteiger partial charge is 0.330 e. The molecule has 0 bridgehead atoms. The minimum Gasteiger partial charge on any atom is -0.330 e. The lowest BCUT2D eigenvalue weighted by Crippen LogP contribution is -2.11. The monoisotopic (exact) mass is 196 g/mol. The predicted molar refractivity (Wildman–Crippen MR) is 57.0 cm³/mol. The van der Waals surface area contributed by atoms with Crippen LogP contribution in [-0.4, -0.2) is 21.7 Å². The van der Waals surface area contributed by atoms with E-state index in [9.17, 15) is 0 Å². The van der Waals surface area contributed by atoms with E-state index >= 15 is 0 Å². The minimum absolute atomic E-state index is 0.395. The highest BCUT2D eigenvalue weighted by Gasteiger charge is 2.07. The lowest BCUT2D eigenvalue weighted by Gasteiger charge is -2.04. The first-order valence-corrected chi connectivity index (χ1v) is 5.24. The predicted octanol–water partition coefficient (Wildman–Crippen LogP) is 1.46. The van der Waals surface area contributed by atoms with Crippen molar-refractivity contribution < 1.29 is 0 Å². The molecule has 0 fully saturated rings. The molecular weight excluding hydrogens is 176 g/mol. The molecule has 0 saturated heterocycles. The highest BCUT2D eigenvalue weighted by molar-refractivity contribution is 4.94. The Hall–Kier alpha value is -0.900. The Morgan fingerprint density at radius 3 is 2.57 bits per heavy atom. The molecule has 0 aliphatic carbocycles. The summed E-state index contributed by atoms with van der Waals surface area (Å²) >= 11 is 0. The van der Waals surface area contributed by atoms with Crippen molar-refractivity contribution in [2.45, 2.75) is 39.5 Å². The molecule has 0 saturated carbocycles.